The van der Waals surface area contributed by atoms with Gasteiger partial charge in [-0.05, 0) is 66.3 Å². The van der Waals surface area contributed by atoms with E-state index in [2.05, 4.69) is 10.0 Å². The maximum Gasteiger partial charge on any atom is 0.241 e. The first kappa shape index (κ1) is 21.0. The van der Waals surface area contributed by atoms with Gasteiger partial charge in [0.2, 0.25) is 15.9 Å². The second-order valence-electron chi connectivity index (χ2n) is 6.01. The van der Waals surface area contributed by atoms with Crippen LogP contribution in [0.3, 0.4) is 0 Å². The third-order valence-electron chi connectivity index (χ3n) is 3.79. The smallest absolute Gasteiger partial charge is 0.241 e. The van der Waals surface area contributed by atoms with Crippen molar-refractivity contribution in [3.05, 3.63) is 52.7 Å². The maximum absolute atomic E-state index is 12.7. The zero-order chi connectivity index (χ0) is 19.0. The monoisotopic (exact) mass is 412 g/mol. The summed E-state index contributed by atoms with van der Waals surface area (Å²) in [6.07, 6.45) is 3.08. The number of hydrogen-bond donors (Lipinski definition) is 2. The number of nitrogens with one attached hydrogen (secondary N) is 2. The van der Waals surface area contributed by atoms with Crippen LogP contribution in [-0.2, 0) is 21.2 Å². The van der Waals surface area contributed by atoms with Crippen LogP contribution in [0.25, 0.3) is 0 Å². The molecule has 142 valence electrons. The Hall–Kier alpha value is -1.35. The van der Waals surface area contributed by atoms with E-state index in [0.717, 1.165) is 12.0 Å². The van der Waals surface area contributed by atoms with Gasteiger partial charge in [0.15, 0.2) is 0 Å². The second kappa shape index (κ2) is 10.1. The van der Waals surface area contributed by atoms with Gasteiger partial charge in [-0.25, -0.2) is 8.42 Å². The molecule has 8 heteroatoms. The lowest BCUT2D eigenvalue weighted by atomic mass is 10.1. The summed E-state index contributed by atoms with van der Waals surface area (Å²) < 4.78 is 27.7. The molecule has 2 rings (SSSR count). The molecule has 0 bridgehead atoms. The molecule has 5 nitrogen and oxygen atoms in total. The van der Waals surface area contributed by atoms with Crippen molar-refractivity contribution in [1.82, 2.24) is 10.0 Å². The predicted molar refractivity (Wildman–Crippen MR) is 109 cm³/mol. The molecule has 0 aliphatic carbocycles. The van der Waals surface area contributed by atoms with Crippen LogP contribution in [0.4, 0.5) is 0 Å². The highest BCUT2D eigenvalue weighted by atomic mass is 32.2. The number of hydrogen-bond acceptors (Lipinski definition) is 5. The van der Waals surface area contributed by atoms with Crippen molar-refractivity contribution < 1.29 is 13.2 Å². The molecule has 0 aliphatic heterocycles. The van der Waals surface area contributed by atoms with Gasteiger partial charge in [0.05, 0.1) is 4.90 Å². The molecule has 0 saturated carbocycles. The Kier molecular flexibility index (Phi) is 8.15. The van der Waals surface area contributed by atoms with Gasteiger partial charge in [0, 0.05) is 6.04 Å². The van der Waals surface area contributed by atoms with E-state index in [-0.39, 0.29) is 16.8 Å². The van der Waals surface area contributed by atoms with Crippen molar-refractivity contribution in [1.29, 1.82) is 0 Å². The first-order valence-electron chi connectivity index (χ1n) is 8.30. The van der Waals surface area contributed by atoms with Gasteiger partial charge in [-0.15, -0.1) is 0 Å². The minimum absolute atomic E-state index is 0.0740. The molecule has 0 spiro atoms. The van der Waals surface area contributed by atoms with Crippen LogP contribution in [0, 0.1) is 0 Å². The van der Waals surface area contributed by atoms with Crippen LogP contribution in [-0.4, -0.2) is 38.4 Å². The summed E-state index contributed by atoms with van der Waals surface area (Å²) >= 11 is 3.19. The molecule has 0 radical (unpaired) electrons. The minimum Gasteiger partial charge on any atom is -0.352 e. The first-order valence-corrected chi connectivity index (χ1v) is 12.1. The number of thioether (sulfide) groups is 1. The molecule has 0 fully saturated rings. The van der Waals surface area contributed by atoms with E-state index in [9.17, 15) is 13.2 Å². The molecule has 0 saturated heterocycles. The number of amides is 1. The zero-order valence-electron chi connectivity index (χ0n) is 14.8. The van der Waals surface area contributed by atoms with E-state index in [0.29, 0.717) is 12.2 Å². The molecule has 1 heterocycles. The molecule has 1 aromatic carbocycles. The summed E-state index contributed by atoms with van der Waals surface area (Å²) in [6, 6.07) is 9.27. The van der Waals surface area contributed by atoms with E-state index >= 15 is 0 Å². The first-order chi connectivity index (χ1) is 12.4. The highest BCUT2D eigenvalue weighted by Crippen LogP contribution is 2.12. The van der Waals surface area contributed by atoms with Gasteiger partial charge in [0.25, 0.3) is 0 Å². The lowest BCUT2D eigenvalue weighted by Crippen LogP contribution is -2.49. The standard InChI is InChI=1S/C18H24N2O3S3/c1-14(12-15-8-11-25-13-15)19-18(21)17(9-10-24-2)20-26(22,23)16-6-4-3-5-7-16/h3-8,11,13-14,17,20H,9-10,12H2,1-2H3,(H,19,21). The molecular formula is C18H24N2O3S3. The summed E-state index contributed by atoms with van der Waals surface area (Å²) in [5.74, 6) is 0.398. The Bertz CT molecular complexity index is 777. The Labute approximate surface area is 163 Å². The van der Waals surface area contributed by atoms with Crippen molar-refractivity contribution in [2.45, 2.75) is 36.7 Å². The van der Waals surface area contributed by atoms with Gasteiger partial charge in [-0.2, -0.15) is 27.8 Å². The molecule has 2 aromatic rings. The fraction of sp³-hybridized carbons (Fsp3) is 0.389. The highest BCUT2D eigenvalue weighted by Gasteiger charge is 2.26. The summed E-state index contributed by atoms with van der Waals surface area (Å²) in [6.45, 7) is 1.92. The number of sulfonamides is 1. The van der Waals surface area contributed by atoms with Gasteiger partial charge in [-0.3, -0.25) is 4.79 Å². The molecule has 2 unspecified atom stereocenters. The number of thiophene rings is 1. The van der Waals surface area contributed by atoms with E-state index in [1.807, 2.05) is 30.0 Å². The molecule has 26 heavy (non-hydrogen) atoms. The SMILES string of the molecule is CSCCC(NS(=O)(=O)c1ccccc1)C(=O)NC(C)Cc1ccsc1. The van der Waals surface area contributed by atoms with Crippen LogP contribution in [0.15, 0.2) is 52.1 Å². The minimum atomic E-state index is -3.74. The quantitative estimate of drug-likeness (QED) is 0.629. The molecule has 2 N–H and O–H groups in total. The highest BCUT2D eigenvalue weighted by molar-refractivity contribution is 7.98. The van der Waals surface area contributed by atoms with Crippen LogP contribution >= 0.6 is 23.1 Å². The molecule has 1 aromatic heterocycles. The number of carbonyl (C=O) groups is 1. The van der Waals surface area contributed by atoms with Crippen LogP contribution in [0.1, 0.15) is 18.9 Å². The lowest BCUT2D eigenvalue weighted by molar-refractivity contribution is -0.123. The van der Waals surface area contributed by atoms with Crippen molar-refractivity contribution in [3.8, 4) is 0 Å². The average Bonchev–Trinajstić information content (AvgIpc) is 3.12. The van der Waals surface area contributed by atoms with E-state index in [1.165, 1.54) is 12.1 Å². The second-order valence-corrected chi connectivity index (χ2v) is 9.49. The fourth-order valence-corrected chi connectivity index (χ4v) is 4.89. The molecule has 2 atom stereocenters. The lowest BCUT2D eigenvalue weighted by Gasteiger charge is -2.21. The van der Waals surface area contributed by atoms with E-state index in [4.69, 9.17) is 0 Å². The van der Waals surface area contributed by atoms with E-state index < -0.39 is 16.1 Å². The van der Waals surface area contributed by atoms with Gasteiger partial charge < -0.3 is 5.32 Å². The maximum atomic E-state index is 12.7. The Morgan fingerprint density at radius 3 is 2.58 bits per heavy atom. The number of carbonyl (C=O) groups excluding carboxylic acids is 1. The van der Waals surface area contributed by atoms with Crippen LogP contribution in [0.5, 0.6) is 0 Å². The van der Waals surface area contributed by atoms with Crippen molar-refractivity contribution in [2.75, 3.05) is 12.0 Å². The Morgan fingerprint density at radius 2 is 1.96 bits per heavy atom. The van der Waals surface area contributed by atoms with Crippen molar-refractivity contribution in [3.63, 3.8) is 0 Å². The van der Waals surface area contributed by atoms with Crippen molar-refractivity contribution >= 4 is 39.0 Å². The number of rotatable bonds is 10. The molecular weight excluding hydrogens is 388 g/mol. The van der Waals surface area contributed by atoms with Crippen molar-refractivity contribution in [2.24, 2.45) is 0 Å². The Balaban J connectivity index is 2.04. The van der Waals surface area contributed by atoms with Gasteiger partial charge in [0.1, 0.15) is 6.04 Å². The summed E-state index contributed by atoms with van der Waals surface area (Å²) in [4.78, 5) is 12.8. The third-order valence-corrected chi connectivity index (χ3v) is 6.65. The van der Waals surface area contributed by atoms with Crippen LogP contribution in [0.2, 0.25) is 0 Å². The predicted octanol–water partition coefficient (Wildman–Crippen LogP) is 2.90. The largest absolute Gasteiger partial charge is 0.352 e. The van der Waals surface area contributed by atoms with Crippen LogP contribution < -0.4 is 10.0 Å². The number of benzene rings is 1. The molecule has 1 amide bonds. The summed E-state index contributed by atoms with van der Waals surface area (Å²) in [5.41, 5.74) is 1.16. The molecule has 0 aliphatic rings. The zero-order valence-corrected chi connectivity index (χ0v) is 17.3. The average molecular weight is 413 g/mol. The third kappa shape index (κ3) is 6.42. The van der Waals surface area contributed by atoms with Gasteiger partial charge >= 0.3 is 0 Å². The normalized spacial score (nSPS) is 13.9. The Morgan fingerprint density at radius 1 is 1.23 bits per heavy atom. The topological polar surface area (TPSA) is 75.3 Å². The summed E-state index contributed by atoms with van der Waals surface area (Å²) in [5, 5.41) is 6.98. The summed E-state index contributed by atoms with van der Waals surface area (Å²) in [7, 11) is -3.74. The van der Waals surface area contributed by atoms with Gasteiger partial charge in [-0.1, -0.05) is 18.2 Å². The van der Waals surface area contributed by atoms with E-state index in [1.54, 1.807) is 41.3 Å². The fourth-order valence-electron chi connectivity index (χ4n) is 2.49.